The summed E-state index contributed by atoms with van der Waals surface area (Å²) < 4.78 is 32.8. The Kier molecular flexibility index (Phi) is 4.88. The van der Waals surface area contributed by atoms with E-state index >= 15 is 0 Å². The van der Waals surface area contributed by atoms with Crippen LogP contribution in [0.2, 0.25) is 0 Å². The lowest BCUT2D eigenvalue weighted by molar-refractivity contribution is 0.221. The molecule has 6 heteroatoms. The van der Waals surface area contributed by atoms with Crippen molar-refractivity contribution in [2.75, 3.05) is 20.2 Å². The number of ether oxygens (including phenoxy) is 1. The smallest absolute Gasteiger partial charge is 0.190 e. The second kappa shape index (κ2) is 6.45. The fraction of sp³-hybridized carbons (Fsp3) is 0.500. The predicted octanol–water partition coefficient (Wildman–Crippen LogP) is 2.46. The molecule has 0 spiro atoms. The topological polar surface area (TPSA) is 38.5 Å². The first kappa shape index (κ1) is 15.1. The highest BCUT2D eigenvalue weighted by atomic mass is 32.1. The molecule has 0 bridgehead atoms. The predicted molar refractivity (Wildman–Crippen MR) is 78.0 cm³/mol. The van der Waals surface area contributed by atoms with Crippen LogP contribution in [0.3, 0.4) is 0 Å². The molecule has 1 aliphatic rings. The van der Waals surface area contributed by atoms with E-state index in [-0.39, 0.29) is 22.9 Å². The lowest BCUT2D eigenvalue weighted by Crippen LogP contribution is -2.26. The zero-order chi connectivity index (χ0) is 14.7. The first-order chi connectivity index (χ1) is 9.49. The molecule has 1 aliphatic heterocycles. The van der Waals surface area contributed by atoms with Gasteiger partial charge in [0, 0.05) is 11.6 Å². The molecule has 110 valence electrons. The molecule has 1 aromatic rings. The van der Waals surface area contributed by atoms with Gasteiger partial charge in [-0.1, -0.05) is 12.2 Å². The molecule has 1 atom stereocenters. The highest BCUT2D eigenvalue weighted by Crippen LogP contribution is 2.24. The van der Waals surface area contributed by atoms with Gasteiger partial charge in [0.05, 0.1) is 6.61 Å². The maximum absolute atomic E-state index is 13.8. The second-order valence-electron chi connectivity index (χ2n) is 5.05. The molecule has 1 aromatic carbocycles. The summed E-state index contributed by atoms with van der Waals surface area (Å²) in [6.45, 7) is 1.35. The fourth-order valence-electron chi connectivity index (χ4n) is 2.48. The lowest BCUT2D eigenvalue weighted by atomic mass is 10.1. The molecule has 3 nitrogen and oxygen atoms in total. The SMILES string of the molecule is CN1CCCC1CCOc1c(F)cc(C(N)=S)cc1F. The van der Waals surface area contributed by atoms with Gasteiger partial charge in [0.25, 0.3) is 0 Å². The molecule has 0 radical (unpaired) electrons. The minimum absolute atomic E-state index is 0.0399. The number of likely N-dealkylation sites (tertiary alicyclic amines) is 1. The Morgan fingerprint density at radius 2 is 2.10 bits per heavy atom. The molecule has 0 aromatic heterocycles. The number of halogens is 2. The van der Waals surface area contributed by atoms with Gasteiger partial charge < -0.3 is 15.4 Å². The van der Waals surface area contributed by atoms with Gasteiger partial charge in [-0.3, -0.25) is 0 Å². The van der Waals surface area contributed by atoms with E-state index in [0.717, 1.165) is 37.9 Å². The first-order valence-electron chi connectivity index (χ1n) is 6.61. The van der Waals surface area contributed by atoms with E-state index < -0.39 is 11.6 Å². The Hall–Kier alpha value is -1.27. The Bertz CT molecular complexity index is 487. The summed E-state index contributed by atoms with van der Waals surface area (Å²) in [5.74, 6) is -1.90. The van der Waals surface area contributed by atoms with Gasteiger partial charge in [0.2, 0.25) is 0 Å². The molecular weight excluding hydrogens is 282 g/mol. The van der Waals surface area contributed by atoms with Crippen LogP contribution in [0.5, 0.6) is 5.75 Å². The molecule has 2 rings (SSSR count). The average molecular weight is 300 g/mol. The van der Waals surface area contributed by atoms with Crippen molar-refractivity contribution in [1.29, 1.82) is 0 Å². The van der Waals surface area contributed by atoms with Gasteiger partial charge in [-0.2, -0.15) is 0 Å². The summed E-state index contributed by atoms with van der Waals surface area (Å²) >= 11 is 4.70. The molecule has 1 saturated heterocycles. The average Bonchev–Trinajstić information content (AvgIpc) is 2.78. The molecule has 0 saturated carbocycles. The number of thiocarbonyl (C=S) groups is 1. The summed E-state index contributed by atoms with van der Waals surface area (Å²) in [7, 11) is 2.05. The molecule has 1 heterocycles. The number of hydrogen-bond acceptors (Lipinski definition) is 3. The zero-order valence-electron chi connectivity index (χ0n) is 11.4. The van der Waals surface area contributed by atoms with Crippen molar-refractivity contribution in [2.24, 2.45) is 5.73 Å². The van der Waals surface area contributed by atoms with E-state index in [2.05, 4.69) is 11.9 Å². The number of rotatable bonds is 5. The van der Waals surface area contributed by atoms with Gasteiger partial charge in [0.15, 0.2) is 17.4 Å². The van der Waals surface area contributed by atoms with E-state index in [1.165, 1.54) is 0 Å². The molecule has 20 heavy (non-hydrogen) atoms. The maximum Gasteiger partial charge on any atom is 0.190 e. The number of nitrogens with zero attached hydrogens (tertiary/aromatic N) is 1. The quantitative estimate of drug-likeness (QED) is 0.848. The maximum atomic E-state index is 13.8. The third kappa shape index (κ3) is 3.43. The Morgan fingerprint density at radius 1 is 1.45 bits per heavy atom. The summed E-state index contributed by atoms with van der Waals surface area (Å²) in [6.07, 6.45) is 3.02. The minimum atomic E-state index is -0.771. The van der Waals surface area contributed by atoms with Crippen LogP contribution in [-0.4, -0.2) is 36.1 Å². The first-order valence-corrected chi connectivity index (χ1v) is 7.01. The summed E-state index contributed by atoms with van der Waals surface area (Å²) in [6, 6.07) is 2.63. The number of hydrogen-bond donors (Lipinski definition) is 1. The van der Waals surface area contributed by atoms with Crippen LogP contribution in [-0.2, 0) is 0 Å². The molecule has 0 aliphatic carbocycles. The third-order valence-electron chi connectivity index (χ3n) is 3.65. The van der Waals surface area contributed by atoms with E-state index in [1.54, 1.807) is 0 Å². The molecular formula is C14H18F2N2OS. The summed E-state index contributed by atoms with van der Waals surface area (Å²) in [5, 5.41) is 0. The van der Waals surface area contributed by atoms with Crippen LogP contribution in [0.25, 0.3) is 0 Å². The van der Waals surface area contributed by atoms with Gasteiger partial charge >= 0.3 is 0 Å². The van der Waals surface area contributed by atoms with Crippen molar-refractivity contribution >= 4 is 17.2 Å². The van der Waals surface area contributed by atoms with Crippen LogP contribution >= 0.6 is 12.2 Å². The monoisotopic (exact) mass is 300 g/mol. The second-order valence-corrected chi connectivity index (χ2v) is 5.49. The lowest BCUT2D eigenvalue weighted by Gasteiger charge is -2.19. The largest absolute Gasteiger partial charge is 0.488 e. The standard InChI is InChI=1S/C14H18F2N2OS/c1-18-5-2-3-10(18)4-6-19-13-11(15)7-9(14(17)20)8-12(13)16/h7-8,10H,2-6H2,1H3,(H2,17,20). The zero-order valence-corrected chi connectivity index (χ0v) is 12.2. The van der Waals surface area contributed by atoms with Crippen LogP contribution in [0, 0.1) is 11.6 Å². The number of benzene rings is 1. The molecule has 0 amide bonds. The molecule has 2 N–H and O–H groups in total. The molecule has 1 fully saturated rings. The van der Waals surface area contributed by atoms with Crippen molar-refractivity contribution < 1.29 is 13.5 Å². The Balaban J connectivity index is 1.97. The Labute approximate surface area is 122 Å². The Morgan fingerprint density at radius 3 is 2.60 bits per heavy atom. The third-order valence-corrected chi connectivity index (χ3v) is 3.89. The van der Waals surface area contributed by atoms with Crippen molar-refractivity contribution in [2.45, 2.75) is 25.3 Å². The number of nitrogens with two attached hydrogens (primary N) is 1. The van der Waals surface area contributed by atoms with Crippen LogP contribution < -0.4 is 10.5 Å². The van der Waals surface area contributed by atoms with Gasteiger partial charge in [-0.25, -0.2) is 8.78 Å². The van der Waals surface area contributed by atoms with Crippen molar-refractivity contribution in [3.8, 4) is 5.75 Å². The van der Waals surface area contributed by atoms with Crippen LogP contribution in [0.4, 0.5) is 8.78 Å². The molecule has 1 unspecified atom stereocenters. The van der Waals surface area contributed by atoms with Crippen molar-refractivity contribution in [3.63, 3.8) is 0 Å². The van der Waals surface area contributed by atoms with Gasteiger partial charge in [0.1, 0.15) is 4.99 Å². The summed E-state index contributed by atoms with van der Waals surface area (Å²) in [4.78, 5) is 2.20. The van der Waals surface area contributed by atoms with E-state index in [4.69, 9.17) is 22.7 Å². The van der Waals surface area contributed by atoms with Crippen molar-refractivity contribution in [3.05, 3.63) is 29.3 Å². The van der Waals surface area contributed by atoms with E-state index in [0.29, 0.717) is 6.04 Å². The fourth-order valence-corrected chi connectivity index (χ4v) is 2.60. The minimum Gasteiger partial charge on any atom is -0.488 e. The van der Waals surface area contributed by atoms with Crippen LogP contribution in [0.1, 0.15) is 24.8 Å². The van der Waals surface area contributed by atoms with Gasteiger partial charge in [-0.15, -0.1) is 0 Å². The highest BCUT2D eigenvalue weighted by Gasteiger charge is 2.21. The van der Waals surface area contributed by atoms with E-state index in [1.807, 2.05) is 0 Å². The van der Waals surface area contributed by atoms with Crippen LogP contribution in [0.15, 0.2) is 12.1 Å². The van der Waals surface area contributed by atoms with Crippen molar-refractivity contribution in [1.82, 2.24) is 4.90 Å². The normalized spacial score (nSPS) is 19.2. The summed E-state index contributed by atoms with van der Waals surface area (Å²) in [5.41, 5.74) is 5.52. The van der Waals surface area contributed by atoms with Gasteiger partial charge in [-0.05, 0) is 45.0 Å². The highest BCUT2D eigenvalue weighted by molar-refractivity contribution is 7.80. The van der Waals surface area contributed by atoms with E-state index in [9.17, 15) is 8.78 Å².